The number of hydrogen-bond acceptors (Lipinski definition) is 4. The average Bonchev–Trinajstić information content (AvgIpc) is 3.28. The highest BCUT2D eigenvalue weighted by Gasteiger charge is 2.17. The molecule has 4 aromatic rings. The number of carbonyl (C=O) groups is 1. The maximum absolute atomic E-state index is 12.1. The normalized spacial score (nSPS) is 11.1. The van der Waals surface area contributed by atoms with Crippen molar-refractivity contribution in [3.63, 3.8) is 0 Å². The van der Waals surface area contributed by atoms with Crippen LogP contribution in [0.15, 0.2) is 42.9 Å². The minimum atomic E-state index is -0.123. The third kappa shape index (κ3) is 2.77. The SMILES string of the molecule is CNC(=O)c1ccc(C)c(-n2ccnc2-c2cnn3c(C)cc(C)nc23)c1. The second-order valence-electron chi connectivity index (χ2n) is 6.53. The van der Waals surface area contributed by atoms with Gasteiger partial charge >= 0.3 is 0 Å². The Balaban J connectivity index is 1.92. The van der Waals surface area contributed by atoms with E-state index in [1.807, 2.05) is 60.3 Å². The van der Waals surface area contributed by atoms with Crippen LogP contribution in [0.3, 0.4) is 0 Å². The molecule has 0 aliphatic carbocycles. The summed E-state index contributed by atoms with van der Waals surface area (Å²) in [5, 5.41) is 7.13. The molecule has 7 nitrogen and oxygen atoms in total. The Morgan fingerprint density at radius 3 is 2.74 bits per heavy atom. The number of nitrogens with one attached hydrogen (secondary N) is 1. The van der Waals surface area contributed by atoms with Crippen LogP contribution in [0.25, 0.3) is 22.7 Å². The molecule has 3 aromatic heterocycles. The van der Waals surface area contributed by atoms with Crippen molar-refractivity contribution in [2.24, 2.45) is 0 Å². The molecule has 1 aromatic carbocycles. The molecule has 0 atom stereocenters. The van der Waals surface area contributed by atoms with E-state index >= 15 is 0 Å². The van der Waals surface area contributed by atoms with Crippen LogP contribution in [0.1, 0.15) is 27.3 Å². The molecule has 27 heavy (non-hydrogen) atoms. The number of aromatic nitrogens is 5. The zero-order valence-corrected chi connectivity index (χ0v) is 15.7. The van der Waals surface area contributed by atoms with Crippen LogP contribution in [0, 0.1) is 20.8 Å². The molecule has 0 radical (unpaired) electrons. The number of hydrogen-bond donors (Lipinski definition) is 1. The summed E-state index contributed by atoms with van der Waals surface area (Å²) in [6.45, 7) is 5.98. The van der Waals surface area contributed by atoms with Crippen LogP contribution in [0.5, 0.6) is 0 Å². The first-order valence-corrected chi connectivity index (χ1v) is 8.68. The van der Waals surface area contributed by atoms with Gasteiger partial charge in [-0.15, -0.1) is 0 Å². The molecular formula is C20H20N6O. The molecule has 7 heteroatoms. The fraction of sp³-hybridized carbons (Fsp3) is 0.200. The zero-order valence-electron chi connectivity index (χ0n) is 15.7. The first-order valence-electron chi connectivity index (χ1n) is 8.68. The Morgan fingerprint density at radius 2 is 1.96 bits per heavy atom. The maximum atomic E-state index is 12.1. The van der Waals surface area contributed by atoms with Crippen molar-refractivity contribution >= 4 is 11.6 Å². The van der Waals surface area contributed by atoms with Crippen LogP contribution >= 0.6 is 0 Å². The molecule has 136 valence electrons. The van der Waals surface area contributed by atoms with E-state index in [9.17, 15) is 4.79 Å². The van der Waals surface area contributed by atoms with E-state index < -0.39 is 0 Å². The van der Waals surface area contributed by atoms with Gasteiger partial charge in [0.05, 0.1) is 17.4 Å². The van der Waals surface area contributed by atoms with E-state index in [0.717, 1.165) is 39.7 Å². The van der Waals surface area contributed by atoms with Gasteiger partial charge in [-0.2, -0.15) is 5.10 Å². The minimum Gasteiger partial charge on any atom is -0.355 e. The number of aryl methyl sites for hydroxylation is 3. The number of imidazole rings is 1. The zero-order chi connectivity index (χ0) is 19.1. The first kappa shape index (κ1) is 17.0. The molecule has 0 saturated heterocycles. The van der Waals surface area contributed by atoms with Gasteiger partial charge < -0.3 is 5.32 Å². The number of fused-ring (bicyclic) bond motifs is 1. The van der Waals surface area contributed by atoms with Crippen molar-refractivity contribution in [1.29, 1.82) is 0 Å². The van der Waals surface area contributed by atoms with Gasteiger partial charge in [0.1, 0.15) is 5.82 Å². The summed E-state index contributed by atoms with van der Waals surface area (Å²) in [5.41, 5.74) is 6.09. The van der Waals surface area contributed by atoms with Crippen molar-refractivity contribution in [3.05, 3.63) is 65.4 Å². The van der Waals surface area contributed by atoms with E-state index in [2.05, 4.69) is 20.4 Å². The first-order chi connectivity index (χ1) is 13.0. The van der Waals surface area contributed by atoms with Gasteiger partial charge in [-0.25, -0.2) is 14.5 Å². The second-order valence-corrected chi connectivity index (χ2v) is 6.53. The summed E-state index contributed by atoms with van der Waals surface area (Å²) in [6, 6.07) is 7.62. The van der Waals surface area contributed by atoms with E-state index in [1.54, 1.807) is 19.4 Å². The van der Waals surface area contributed by atoms with E-state index in [4.69, 9.17) is 0 Å². The number of amides is 1. The van der Waals surface area contributed by atoms with Crippen LogP contribution in [-0.4, -0.2) is 37.1 Å². The molecule has 1 amide bonds. The molecule has 0 aliphatic rings. The summed E-state index contributed by atoms with van der Waals surface area (Å²) >= 11 is 0. The lowest BCUT2D eigenvalue weighted by atomic mass is 10.1. The molecule has 0 fully saturated rings. The summed E-state index contributed by atoms with van der Waals surface area (Å²) in [7, 11) is 1.62. The molecule has 0 saturated carbocycles. The van der Waals surface area contributed by atoms with E-state index in [-0.39, 0.29) is 5.91 Å². The number of benzene rings is 1. The van der Waals surface area contributed by atoms with Crippen molar-refractivity contribution in [1.82, 2.24) is 29.5 Å². The molecule has 0 unspecified atom stereocenters. The van der Waals surface area contributed by atoms with Crippen molar-refractivity contribution in [2.75, 3.05) is 7.05 Å². The van der Waals surface area contributed by atoms with Crippen LogP contribution < -0.4 is 5.32 Å². The lowest BCUT2D eigenvalue weighted by Gasteiger charge is -2.12. The van der Waals surface area contributed by atoms with E-state index in [1.165, 1.54) is 0 Å². The van der Waals surface area contributed by atoms with E-state index in [0.29, 0.717) is 5.56 Å². The number of rotatable bonds is 3. The summed E-state index contributed by atoms with van der Waals surface area (Å²) in [5.74, 6) is 0.612. The van der Waals surface area contributed by atoms with Crippen LogP contribution in [0.4, 0.5) is 0 Å². The van der Waals surface area contributed by atoms with Gasteiger partial charge in [0, 0.05) is 36.4 Å². The third-order valence-electron chi connectivity index (χ3n) is 4.62. The highest BCUT2D eigenvalue weighted by atomic mass is 16.1. The standard InChI is InChI=1S/C20H20N6O/c1-12-5-6-15(20(27)21-4)10-17(12)25-8-7-22-18(25)16-11-23-26-14(3)9-13(2)24-19(16)26/h5-11H,1-4H3,(H,21,27). The largest absolute Gasteiger partial charge is 0.355 e. The Kier molecular flexibility index (Phi) is 3.99. The fourth-order valence-electron chi connectivity index (χ4n) is 3.28. The quantitative estimate of drug-likeness (QED) is 0.609. The monoisotopic (exact) mass is 360 g/mol. The Morgan fingerprint density at radius 1 is 1.15 bits per heavy atom. The smallest absolute Gasteiger partial charge is 0.251 e. The van der Waals surface area contributed by atoms with Gasteiger partial charge in [-0.3, -0.25) is 9.36 Å². The van der Waals surface area contributed by atoms with Crippen LogP contribution in [-0.2, 0) is 0 Å². The molecule has 0 spiro atoms. The molecule has 0 bridgehead atoms. The van der Waals surface area contributed by atoms with Gasteiger partial charge in [-0.1, -0.05) is 6.07 Å². The van der Waals surface area contributed by atoms with Crippen molar-refractivity contribution < 1.29 is 4.79 Å². The van der Waals surface area contributed by atoms with Crippen LogP contribution in [0.2, 0.25) is 0 Å². The number of carbonyl (C=O) groups excluding carboxylic acids is 1. The minimum absolute atomic E-state index is 0.123. The molecule has 4 rings (SSSR count). The highest BCUT2D eigenvalue weighted by Crippen LogP contribution is 2.27. The second kappa shape index (κ2) is 6.35. The predicted molar refractivity (Wildman–Crippen MR) is 103 cm³/mol. The Labute approximate surface area is 156 Å². The van der Waals surface area contributed by atoms with Gasteiger partial charge in [0.2, 0.25) is 0 Å². The summed E-state index contributed by atoms with van der Waals surface area (Å²) in [4.78, 5) is 21.3. The molecule has 3 heterocycles. The summed E-state index contributed by atoms with van der Waals surface area (Å²) < 4.78 is 3.79. The Bertz CT molecular complexity index is 1170. The summed E-state index contributed by atoms with van der Waals surface area (Å²) in [6.07, 6.45) is 5.41. The molecule has 0 aliphatic heterocycles. The molecular weight excluding hydrogens is 340 g/mol. The maximum Gasteiger partial charge on any atom is 0.251 e. The highest BCUT2D eigenvalue weighted by molar-refractivity contribution is 5.94. The lowest BCUT2D eigenvalue weighted by Crippen LogP contribution is -2.18. The fourth-order valence-corrected chi connectivity index (χ4v) is 3.28. The van der Waals surface area contributed by atoms with Gasteiger partial charge in [0.15, 0.2) is 5.65 Å². The Hall–Kier alpha value is -3.48. The van der Waals surface area contributed by atoms with Gasteiger partial charge in [0.25, 0.3) is 5.91 Å². The number of nitrogens with zero attached hydrogens (tertiary/aromatic N) is 5. The average molecular weight is 360 g/mol. The van der Waals surface area contributed by atoms with Gasteiger partial charge in [-0.05, 0) is 44.5 Å². The topological polar surface area (TPSA) is 77.1 Å². The third-order valence-corrected chi connectivity index (χ3v) is 4.62. The predicted octanol–water partition coefficient (Wildman–Crippen LogP) is 2.87. The molecule has 1 N–H and O–H groups in total. The van der Waals surface area contributed by atoms with Crippen molar-refractivity contribution in [2.45, 2.75) is 20.8 Å². The van der Waals surface area contributed by atoms with Crippen molar-refractivity contribution in [3.8, 4) is 17.1 Å². The lowest BCUT2D eigenvalue weighted by molar-refractivity contribution is 0.0963.